The van der Waals surface area contributed by atoms with E-state index in [0.717, 1.165) is 28.6 Å². The molecule has 0 saturated heterocycles. The highest BCUT2D eigenvalue weighted by molar-refractivity contribution is 7.98. The molecule has 0 spiro atoms. The summed E-state index contributed by atoms with van der Waals surface area (Å²) in [5.74, 6) is 1.91. The van der Waals surface area contributed by atoms with Crippen molar-refractivity contribution in [3.8, 4) is 0 Å². The predicted molar refractivity (Wildman–Crippen MR) is 90.6 cm³/mol. The van der Waals surface area contributed by atoms with Crippen LogP contribution in [0.4, 0.5) is 0 Å². The lowest BCUT2D eigenvalue weighted by molar-refractivity contribution is -0.120. The van der Waals surface area contributed by atoms with Gasteiger partial charge in [0.25, 0.3) is 0 Å². The van der Waals surface area contributed by atoms with Crippen LogP contribution in [-0.2, 0) is 23.5 Å². The van der Waals surface area contributed by atoms with E-state index in [2.05, 4.69) is 34.7 Å². The number of rotatable bonds is 8. The number of carbonyl (C=O) groups is 1. The molecule has 0 aliphatic rings. The van der Waals surface area contributed by atoms with Crippen LogP contribution in [0.15, 0.2) is 35.7 Å². The summed E-state index contributed by atoms with van der Waals surface area (Å²) in [4.78, 5) is 16.2. The van der Waals surface area contributed by atoms with Gasteiger partial charge in [-0.15, -0.1) is 11.3 Å². The van der Waals surface area contributed by atoms with E-state index in [9.17, 15) is 4.79 Å². The highest BCUT2D eigenvalue weighted by Crippen LogP contribution is 2.13. The van der Waals surface area contributed by atoms with Crippen LogP contribution in [0.1, 0.15) is 29.6 Å². The zero-order valence-electron chi connectivity index (χ0n) is 12.2. The SMILES string of the molecule is CCc1csc(CNC(=O)CCSCc2ccccc2)n1. The number of hydrogen-bond donors (Lipinski definition) is 1. The Morgan fingerprint density at radius 1 is 1.33 bits per heavy atom. The van der Waals surface area contributed by atoms with Crippen molar-refractivity contribution in [2.45, 2.75) is 32.1 Å². The average Bonchev–Trinajstić information content (AvgIpc) is 2.99. The zero-order chi connectivity index (χ0) is 14.9. The van der Waals surface area contributed by atoms with Gasteiger partial charge in [0, 0.05) is 23.3 Å². The molecule has 2 rings (SSSR count). The average molecular weight is 320 g/mol. The molecule has 0 aliphatic carbocycles. The number of benzene rings is 1. The maximum Gasteiger partial charge on any atom is 0.221 e. The first-order valence-corrected chi connectivity index (χ1v) is 9.13. The lowest BCUT2D eigenvalue weighted by Crippen LogP contribution is -2.22. The molecule has 21 heavy (non-hydrogen) atoms. The Kier molecular flexibility index (Phi) is 6.76. The van der Waals surface area contributed by atoms with Gasteiger partial charge in [-0.2, -0.15) is 11.8 Å². The van der Waals surface area contributed by atoms with Crippen LogP contribution in [0, 0.1) is 0 Å². The van der Waals surface area contributed by atoms with E-state index >= 15 is 0 Å². The second-order valence-corrected chi connectivity index (χ2v) is 6.70. The van der Waals surface area contributed by atoms with Gasteiger partial charge in [0.05, 0.1) is 12.2 Å². The second-order valence-electron chi connectivity index (χ2n) is 4.65. The summed E-state index contributed by atoms with van der Waals surface area (Å²) in [5.41, 5.74) is 2.40. The van der Waals surface area contributed by atoms with Crippen LogP contribution in [0.3, 0.4) is 0 Å². The van der Waals surface area contributed by atoms with Gasteiger partial charge in [-0.3, -0.25) is 4.79 Å². The molecule has 0 fully saturated rings. The van der Waals surface area contributed by atoms with Crippen LogP contribution in [0.2, 0.25) is 0 Å². The molecule has 0 aliphatic heterocycles. The number of amides is 1. The molecule has 1 aromatic heterocycles. The molecule has 0 radical (unpaired) electrons. The van der Waals surface area contributed by atoms with Crippen molar-refractivity contribution in [1.29, 1.82) is 0 Å². The van der Waals surface area contributed by atoms with Crippen LogP contribution < -0.4 is 5.32 Å². The maximum atomic E-state index is 11.8. The molecular formula is C16H20N2OS2. The van der Waals surface area contributed by atoms with Gasteiger partial charge >= 0.3 is 0 Å². The molecule has 0 unspecified atom stereocenters. The summed E-state index contributed by atoms with van der Waals surface area (Å²) < 4.78 is 0. The maximum absolute atomic E-state index is 11.8. The second kappa shape index (κ2) is 8.85. The Balaban J connectivity index is 1.59. The highest BCUT2D eigenvalue weighted by atomic mass is 32.2. The van der Waals surface area contributed by atoms with Crippen molar-refractivity contribution < 1.29 is 4.79 Å². The number of aryl methyl sites for hydroxylation is 1. The van der Waals surface area contributed by atoms with Crippen molar-refractivity contribution in [1.82, 2.24) is 10.3 Å². The lowest BCUT2D eigenvalue weighted by Gasteiger charge is -2.03. The molecule has 2 aromatic rings. The molecule has 0 bridgehead atoms. The molecule has 1 N–H and O–H groups in total. The van der Waals surface area contributed by atoms with E-state index in [1.807, 2.05) is 18.2 Å². The number of hydrogen-bond acceptors (Lipinski definition) is 4. The number of thiazole rings is 1. The summed E-state index contributed by atoms with van der Waals surface area (Å²) in [6, 6.07) is 10.3. The number of carbonyl (C=O) groups excluding carboxylic acids is 1. The normalized spacial score (nSPS) is 10.5. The molecule has 5 heteroatoms. The Hall–Kier alpha value is -1.33. The molecule has 1 aromatic carbocycles. The third-order valence-corrected chi connectivity index (χ3v) is 4.91. The van der Waals surface area contributed by atoms with Crippen molar-refractivity contribution in [3.05, 3.63) is 52.0 Å². The van der Waals surface area contributed by atoms with E-state index < -0.39 is 0 Å². The highest BCUT2D eigenvalue weighted by Gasteiger charge is 2.04. The molecule has 1 heterocycles. The van der Waals surface area contributed by atoms with Crippen molar-refractivity contribution in [2.75, 3.05) is 5.75 Å². The minimum atomic E-state index is 0.101. The van der Waals surface area contributed by atoms with Crippen molar-refractivity contribution in [3.63, 3.8) is 0 Å². The van der Waals surface area contributed by atoms with E-state index in [4.69, 9.17) is 0 Å². The molecule has 1 amide bonds. The summed E-state index contributed by atoms with van der Waals surface area (Å²) >= 11 is 3.40. The molecule has 112 valence electrons. The summed E-state index contributed by atoms with van der Waals surface area (Å²) in [7, 11) is 0. The summed E-state index contributed by atoms with van der Waals surface area (Å²) in [5, 5.41) is 5.97. The Bertz CT molecular complexity index is 554. The van der Waals surface area contributed by atoms with Gasteiger partial charge in [0.15, 0.2) is 0 Å². The van der Waals surface area contributed by atoms with Crippen LogP contribution in [0.5, 0.6) is 0 Å². The Labute approximate surface area is 134 Å². The van der Waals surface area contributed by atoms with E-state index in [1.165, 1.54) is 5.56 Å². The third kappa shape index (κ3) is 5.89. The van der Waals surface area contributed by atoms with Crippen molar-refractivity contribution >= 4 is 29.0 Å². The first-order chi connectivity index (χ1) is 10.3. The largest absolute Gasteiger partial charge is 0.350 e. The topological polar surface area (TPSA) is 42.0 Å². The van der Waals surface area contributed by atoms with E-state index in [0.29, 0.717) is 13.0 Å². The smallest absolute Gasteiger partial charge is 0.221 e. The number of thioether (sulfide) groups is 1. The summed E-state index contributed by atoms with van der Waals surface area (Å²) in [6.07, 6.45) is 1.50. The zero-order valence-corrected chi connectivity index (χ0v) is 13.8. The van der Waals surface area contributed by atoms with Gasteiger partial charge in [0.2, 0.25) is 5.91 Å². The third-order valence-electron chi connectivity index (χ3n) is 2.98. The van der Waals surface area contributed by atoms with Gasteiger partial charge in [-0.05, 0) is 12.0 Å². The minimum Gasteiger partial charge on any atom is -0.350 e. The predicted octanol–water partition coefficient (Wildman–Crippen LogP) is 3.65. The fourth-order valence-electron chi connectivity index (χ4n) is 1.78. The fourth-order valence-corrected chi connectivity index (χ4v) is 3.50. The fraction of sp³-hybridized carbons (Fsp3) is 0.375. The van der Waals surface area contributed by atoms with Crippen LogP contribution in [0.25, 0.3) is 0 Å². The monoisotopic (exact) mass is 320 g/mol. The molecular weight excluding hydrogens is 300 g/mol. The number of nitrogens with one attached hydrogen (secondary N) is 1. The first-order valence-electron chi connectivity index (χ1n) is 7.09. The lowest BCUT2D eigenvalue weighted by atomic mass is 10.2. The minimum absolute atomic E-state index is 0.101. The van der Waals surface area contributed by atoms with E-state index in [1.54, 1.807) is 23.1 Å². The molecule has 0 saturated carbocycles. The van der Waals surface area contributed by atoms with Gasteiger partial charge in [0.1, 0.15) is 5.01 Å². The van der Waals surface area contributed by atoms with Gasteiger partial charge < -0.3 is 5.32 Å². The van der Waals surface area contributed by atoms with Gasteiger partial charge in [-0.1, -0.05) is 37.3 Å². The standard InChI is InChI=1S/C16H20N2OS2/c1-2-14-12-21-16(18-14)10-17-15(19)8-9-20-11-13-6-4-3-5-7-13/h3-7,12H,2,8-11H2,1H3,(H,17,19). The summed E-state index contributed by atoms with van der Waals surface area (Å²) in [6.45, 7) is 2.63. The van der Waals surface area contributed by atoms with Crippen LogP contribution in [-0.4, -0.2) is 16.6 Å². The quantitative estimate of drug-likeness (QED) is 0.755. The van der Waals surface area contributed by atoms with Crippen LogP contribution >= 0.6 is 23.1 Å². The van der Waals surface area contributed by atoms with E-state index in [-0.39, 0.29) is 5.91 Å². The number of aromatic nitrogens is 1. The van der Waals surface area contributed by atoms with Crippen molar-refractivity contribution in [2.24, 2.45) is 0 Å². The van der Waals surface area contributed by atoms with Gasteiger partial charge in [-0.25, -0.2) is 4.98 Å². The molecule has 0 atom stereocenters. The molecule has 3 nitrogen and oxygen atoms in total. The number of nitrogens with zero attached hydrogens (tertiary/aromatic N) is 1. The Morgan fingerprint density at radius 3 is 2.86 bits per heavy atom. The Morgan fingerprint density at radius 2 is 2.14 bits per heavy atom. The first kappa shape index (κ1) is 16.0.